The zero-order chi connectivity index (χ0) is 13.0. The maximum atomic E-state index is 11.2. The summed E-state index contributed by atoms with van der Waals surface area (Å²) in [7, 11) is 1.44. The molecular formula is C15H21NO2. The van der Waals surface area contributed by atoms with E-state index >= 15 is 0 Å². The maximum Gasteiger partial charge on any atom is 0.307 e. The average Bonchev–Trinajstić information content (AvgIpc) is 2.39. The lowest BCUT2D eigenvalue weighted by atomic mass is 9.87. The molecule has 1 aromatic carbocycles. The molecule has 1 N–H and O–H groups in total. The lowest BCUT2D eigenvalue weighted by molar-refractivity contribution is -0.141. The summed E-state index contributed by atoms with van der Waals surface area (Å²) in [5.41, 5.74) is 2.83. The molecule has 0 heterocycles. The highest BCUT2D eigenvalue weighted by Crippen LogP contribution is 2.29. The molecule has 98 valence electrons. The van der Waals surface area contributed by atoms with Crippen LogP contribution in [0.15, 0.2) is 24.3 Å². The fourth-order valence-corrected chi connectivity index (χ4v) is 2.66. The number of ether oxygens (including phenoxy) is 1. The number of carbonyl (C=O) groups is 1. The number of hydrogen-bond donors (Lipinski definition) is 1. The number of methoxy groups -OCH3 is 1. The predicted octanol–water partition coefficient (Wildman–Crippen LogP) is 2.61. The second kappa shape index (κ2) is 6.01. The standard InChI is InChI=1S/C15H21NO2/c1-11(10-15(17)18-2)16-14-9-5-7-12-6-3-4-8-13(12)14/h3-4,6,8,11,14,16H,5,7,9-10H2,1-2H3. The van der Waals surface area contributed by atoms with Crippen LogP contribution in [-0.2, 0) is 16.0 Å². The molecule has 0 aliphatic heterocycles. The van der Waals surface area contributed by atoms with Gasteiger partial charge in [-0.2, -0.15) is 0 Å². The third-order valence-corrected chi connectivity index (χ3v) is 3.56. The normalized spacial score (nSPS) is 20.0. The van der Waals surface area contributed by atoms with Crippen molar-refractivity contribution in [3.05, 3.63) is 35.4 Å². The van der Waals surface area contributed by atoms with Gasteiger partial charge in [0.1, 0.15) is 0 Å². The van der Waals surface area contributed by atoms with Crippen LogP contribution in [0.5, 0.6) is 0 Å². The van der Waals surface area contributed by atoms with E-state index in [1.807, 2.05) is 6.92 Å². The van der Waals surface area contributed by atoms with Crippen LogP contribution in [0.3, 0.4) is 0 Å². The van der Waals surface area contributed by atoms with Gasteiger partial charge in [0.05, 0.1) is 13.5 Å². The van der Waals surface area contributed by atoms with Crippen molar-refractivity contribution in [1.29, 1.82) is 0 Å². The van der Waals surface area contributed by atoms with Crippen molar-refractivity contribution in [2.24, 2.45) is 0 Å². The summed E-state index contributed by atoms with van der Waals surface area (Å²) < 4.78 is 4.70. The van der Waals surface area contributed by atoms with Gasteiger partial charge in [0.15, 0.2) is 0 Å². The van der Waals surface area contributed by atoms with Crippen LogP contribution < -0.4 is 5.32 Å². The molecule has 0 fully saturated rings. The Balaban J connectivity index is 2.00. The number of hydrogen-bond acceptors (Lipinski definition) is 3. The Hall–Kier alpha value is -1.35. The minimum Gasteiger partial charge on any atom is -0.469 e. The quantitative estimate of drug-likeness (QED) is 0.831. The van der Waals surface area contributed by atoms with Crippen LogP contribution in [0.2, 0.25) is 0 Å². The van der Waals surface area contributed by atoms with E-state index in [2.05, 4.69) is 29.6 Å². The third-order valence-electron chi connectivity index (χ3n) is 3.56. The molecule has 3 nitrogen and oxygen atoms in total. The predicted molar refractivity (Wildman–Crippen MR) is 71.4 cm³/mol. The largest absolute Gasteiger partial charge is 0.469 e. The summed E-state index contributed by atoms with van der Waals surface area (Å²) in [4.78, 5) is 11.2. The summed E-state index contributed by atoms with van der Waals surface area (Å²) in [6, 6.07) is 9.09. The van der Waals surface area contributed by atoms with Gasteiger partial charge in [-0.3, -0.25) is 4.79 Å². The Labute approximate surface area is 109 Å². The number of aryl methyl sites for hydroxylation is 1. The molecule has 0 aromatic heterocycles. The van der Waals surface area contributed by atoms with Crippen molar-refractivity contribution in [3.8, 4) is 0 Å². The third kappa shape index (κ3) is 3.10. The minimum atomic E-state index is -0.154. The molecule has 3 heteroatoms. The molecule has 2 unspecified atom stereocenters. The first kappa shape index (κ1) is 13.1. The first-order chi connectivity index (χ1) is 8.70. The molecule has 2 atom stereocenters. The molecule has 0 radical (unpaired) electrons. The van der Waals surface area contributed by atoms with E-state index in [1.165, 1.54) is 31.1 Å². The van der Waals surface area contributed by atoms with Gasteiger partial charge < -0.3 is 10.1 Å². The van der Waals surface area contributed by atoms with Crippen LogP contribution in [0, 0.1) is 0 Å². The lowest BCUT2D eigenvalue weighted by Gasteiger charge is -2.29. The number of nitrogens with one attached hydrogen (secondary N) is 1. The number of carbonyl (C=O) groups excluding carboxylic acids is 1. The molecule has 2 rings (SSSR count). The number of rotatable bonds is 4. The summed E-state index contributed by atoms with van der Waals surface area (Å²) in [6.45, 7) is 2.04. The zero-order valence-electron chi connectivity index (χ0n) is 11.1. The van der Waals surface area contributed by atoms with Crippen LogP contribution in [0.25, 0.3) is 0 Å². The van der Waals surface area contributed by atoms with Gasteiger partial charge in [-0.05, 0) is 37.3 Å². The summed E-state index contributed by atoms with van der Waals surface area (Å²) in [6.07, 6.45) is 3.94. The second-order valence-electron chi connectivity index (χ2n) is 4.99. The number of esters is 1. The van der Waals surface area contributed by atoms with E-state index in [0.29, 0.717) is 12.5 Å². The Bertz CT molecular complexity index is 417. The molecule has 0 spiro atoms. The van der Waals surface area contributed by atoms with Crippen molar-refractivity contribution in [1.82, 2.24) is 5.32 Å². The van der Waals surface area contributed by atoms with Gasteiger partial charge in [-0.15, -0.1) is 0 Å². The highest BCUT2D eigenvalue weighted by Gasteiger charge is 2.21. The number of fused-ring (bicyclic) bond motifs is 1. The van der Waals surface area contributed by atoms with E-state index in [9.17, 15) is 4.79 Å². The van der Waals surface area contributed by atoms with Crippen molar-refractivity contribution < 1.29 is 9.53 Å². The van der Waals surface area contributed by atoms with Gasteiger partial charge >= 0.3 is 5.97 Å². The van der Waals surface area contributed by atoms with E-state index in [1.54, 1.807) is 0 Å². The van der Waals surface area contributed by atoms with E-state index < -0.39 is 0 Å². The Morgan fingerprint density at radius 2 is 2.28 bits per heavy atom. The molecule has 18 heavy (non-hydrogen) atoms. The van der Waals surface area contributed by atoms with Crippen LogP contribution in [0.1, 0.15) is 43.4 Å². The molecule has 1 aliphatic rings. The van der Waals surface area contributed by atoms with Crippen LogP contribution in [-0.4, -0.2) is 19.1 Å². The topological polar surface area (TPSA) is 38.3 Å². The molecular weight excluding hydrogens is 226 g/mol. The Morgan fingerprint density at radius 1 is 1.50 bits per heavy atom. The highest BCUT2D eigenvalue weighted by molar-refractivity contribution is 5.69. The van der Waals surface area contributed by atoms with Crippen molar-refractivity contribution in [2.45, 2.75) is 44.7 Å². The molecule has 0 saturated heterocycles. The van der Waals surface area contributed by atoms with Crippen molar-refractivity contribution >= 4 is 5.97 Å². The lowest BCUT2D eigenvalue weighted by Crippen LogP contribution is -2.34. The molecule has 0 amide bonds. The number of benzene rings is 1. The fourth-order valence-electron chi connectivity index (χ4n) is 2.66. The molecule has 1 aliphatic carbocycles. The maximum absolute atomic E-state index is 11.2. The Kier molecular flexibility index (Phi) is 4.37. The van der Waals surface area contributed by atoms with Crippen LogP contribution in [0.4, 0.5) is 0 Å². The highest BCUT2D eigenvalue weighted by atomic mass is 16.5. The second-order valence-corrected chi connectivity index (χ2v) is 4.99. The zero-order valence-corrected chi connectivity index (χ0v) is 11.1. The van der Waals surface area contributed by atoms with E-state index in [-0.39, 0.29) is 12.0 Å². The fraction of sp³-hybridized carbons (Fsp3) is 0.533. The molecule has 1 aromatic rings. The van der Waals surface area contributed by atoms with Crippen molar-refractivity contribution in [2.75, 3.05) is 7.11 Å². The first-order valence-electron chi connectivity index (χ1n) is 6.61. The molecule has 0 bridgehead atoms. The van der Waals surface area contributed by atoms with Gasteiger partial charge in [0.25, 0.3) is 0 Å². The van der Waals surface area contributed by atoms with E-state index in [4.69, 9.17) is 4.74 Å². The van der Waals surface area contributed by atoms with Crippen LogP contribution >= 0.6 is 0 Å². The van der Waals surface area contributed by atoms with Gasteiger partial charge in [0, 0.05) is 12.1 Å². The Morgan fingerprint density at radius 3 is 3.06 bits per heavy atom. The van der Waals surface area contributed by atoms with Crippen molar-refractivity contribution in [3.63, 3.8) is 0 Å². The first-order valence-corrected chi connectivity index (χ1v) is 6.61. The molecule has 0 saturated carbocycles. The average molecular weight is 247 g/mol. The SMILES string of the molecule is COC(=O)CC(C)NC1CCCc2ccccc21. The summed E-state index contributed by atoms with van der Waals surface area (Å²) >= 11 is 0. The van der Waals surface area contributed by atoms with Gasteiger partial charge in [-0.25, -0.2) is 0 Å². The van der Waals surface area contributed by atoms with E-state index in [0.717, 1.165) is 6.42 Å². The minimum absolute atomic E-state index is 0.147. The van der Waals surface area contributed by atoms with Gasteiger partial charge in [0.2, 0.25) is 0 Å². The smallest absolute Gasteiger partial charge is 0.307 e. The summed E-state index contributed by atoms with van der Waals surface area (Å²) in [5, 5.41) is 3.54. The van der Waals surface area contributed by atoms with Gasteiger partial charge in [-0.1, -0.05) is 24.3 Å². The summed E-state index contributed by atoms with van der Waals surface area (Å²) in [5.74, 6) is -0.154. The monoisotopic (exact) mass is 247 g/mol.